The van der Waals surface area contributed by atoms with Crippen molar-refractivity contribution < 1.29 is 4.79 Å². The number of aromatic nitrogens is 3. The van der Waals surface area contributed by atoms with E-state index in [1.165, 1.54) is 6.20 Å². The van der Waals surface area contributed by atoms with E-state index in [1.807, 2.05) is 31.2 Å². The van der Waals surface area contributed by atoms with Gasteiger partial charge in [0.25, 0.3) is 5.91 Å². The number of carbonyl (C=O) groups excluding carboxylic acids is 1. The minimum Gasteiger partial charge on any atom is -0.365 e. The van der Waals surface area contributed by atoms with Gasteiger partial charge < -0.3 is 5.73 Å². The molecule has 0 aliphatic heterocycles. The molecule has 0 bridgehead atoms. The quantitative estimate of drug-likeness (QED) is 0.755. The molecular formula is C14H12N4O. The predicted molar refractivity (Wildman–Crippen MR) is 71.7 cm³/mol. The molecule has 0 saturated carbocycles. The third-order valence-corrected chi connectivity index (χ3v) is 2.98. The summed E-state index contributed by atoms with van der Waals surface area (Å²) in [6, 6.07) is 9.92. The molecule has 0 fully saturated rings. The zero-order valence-electron chi connectivity index (χ0n) is 10.4. The van der Waals surface area contributed by atoms with Crippen LogP contribution >= 0.6 is 0 Å². The molecule has 0 unspecified atom stereocenters. The van der Waals surface area contributed by atoms with Gasteiger partial charge in [0, 0.05) is 11.8 Å². The van der Waals surface area contributed by atoms with Crippen molar-refractivity contribution in [1.29, 1.82) is 0 Å². The molecule has 1 aromatic carbocycles. The number of fused-ring (bicyclic) bond motifs is 1. The fraction of sp³-hybridized carbons (Fsp3) is 0.0714. The smallest absolute Gasteiger partial charge is 0.254 e. The minimum atomic E-state index is -0.524. The van der Waals surface area contributed by atoms with Crippen LogP contribution in [0.25, 0.3) is 16.9 Å². The van der Waals surface area contributed by atoms with Gasteiger partial charge in [-0.15, -0.1) is 0 Å². The van der Waals surface area contributed by atoms with Gasteiger partial charge >= 0.3 is 0 Å². The third-order valence-electron chi connectivity index (χ3n) is 2.98. The van der Waals surface area contributed by atoms with Crippen molar-refractivity contribution in [3.63, 3.8) is 0 Å². The number of hydrogen-bond donors (Lipinski definition) is 1. The summed E-state index contributed by atoms with van der Waals surface area (Å²) >= 11 is 0. The number of carbonyl (C=O) groups is 1. The van der Waals surface area contributed by atoms with E-state index >= 15 is 0 Å². The minimum absolute atomic E-state index is 0.328. The Morgan fingerprint density at radius 2 is 2.16 bits per heavy atom. The first-order chi connectivity index (χ1) is 9.16. The standard InChI is InChI=1S/C14H12N4O/c1-9-3-2-4-10(7-9)12-5-6-16-14-11(13(15)19)8-17-18(12)14/h2-8H,1H3,(H2,15,19). The van der Waals surface area contributed by atoms with Crippen LogP contribution in [0.5, 0.6) is 0 Å². The maximum absolute atomic E-state index is 11.3. The van der Waals surface area contributed by atoms with Crippen LogP contribution in [0.15, 0.2) is 42.7 Å². The molecule has 3 aromatic rings. The average molecular weight is 252 g/mol. The highest BCUT2D eigenvalue weighted by Crippen LogP contribution is 2.21. The van der Waals surface area contributed by atoms with Crippen molar-refractivity contribution in [2.24, 2.45) is 5.73 Å². The zero-order chi connectivity index (χ0) is 13.4. The summed E-state index contributed by atoms with van der Waals surface area (Å²) in [5.41, 5.74) is 9.16. The van der Waals surface area contributed by atoms with Crippen molar-refractivity contribution in [2.75, 3.05) is 0 Å². The molecule has 19 heavy (non-hydrogen) atoms. The van der Waals surface area contributed by atoms with Crippen molar-refractivity contribution >= 4 is 11.6 Å². The maximum Gasteiger partial charge on any atom is 0.254 e. The number of benzene rings is 1. The molecule has 94 valence electrons. The van der Waals surface area contributed by atoms with Gasteiger partial charge in [-0.05, 0) is 19.1 Å². The van der Waals surface area contributed by atoms with Gasteiger partial charge in [-0.2, -0.15) is 5.10 Å². The first-order valence-electron chi connectivity index (χ1n) is 5.86. The van der Waals surface area contributed by atoms with Crippen molar-refractivity contribution in [3.8, 4) is 11.3 Å². The molecule has 0 saturated heterocycles. The molecule has 0 aliphatic rings. The molecule has 5 heteroatoms. The highest BCUT2D eigenvalue weighted by molar-refractivity contribution is 5.98. The van der Waals surface area contributed by atoms with Crippen LogP contribution in [0, 0.1) is 6.92 Å². The number of rotatable bonds is 2. The molecule has 1 amide bonds. The van der Waals surface area contributed by atoms with Gasteiger partial charge in [-0.3, -0.25) is 4.79 Å². The fourth-order valence-corrected chi connectivity index (χ4v) is 2.09. The molecule has 2 heterocycles. The molecule has 0 radical (unpaired) electrons. The summed E-state index contributed by atoms with van der Waals surface area (Å²) in [6.07, 6.45) is 3.10. The average Bonchev–Trinajstić information content (AvgIpc) is 2.82. The van der Waals surface area contributed by atoms with Crippen LogP contribution in [-0.2, 0) is 0 Å². The van der Waals surface area contributed by atoms with E-state index in [0.717, 1.165) is 16.8 Å². The summed E-state index contributed by atoms with van der Waals surface area (Å²) in [5.74, 6) is -0.524. The van der Waals surface area contributed by atoms with Gasteiger partial charge in [0.1, 0.15) is 5.56 Å². The topological polar surface area (TPSA) is 73.3 Å². The monoisotopic (exact) mass is 252 g/mol. The van der Waals surface area contributed by atoms with Crippen molar-refractivity contribution in [1.82, 2.24) is 14.6 Å². The van der Waals surface area contributed by atoms with E-state index in [9.17, 15) is 4.79 Å². The second kappa shape index (κ2) is 4.20. The van der Waals surface area contributed by atoms with Crippen molar-refractivity contribution in [2.45, 2.75) is 6.92 Å². The van der Waals surface area contributed by atoms with E-state index in [2.05, 4.69) is 16.1 Å². The number of primary amides is 1. The zero-order valence-corrected chi connectivity index (χ0v) is 10.4. The van der Waals surface area contributed by atoms with Crippen molar-refractivity contribution in [3.05, 3.63) is 53.9 Å². The van der Waals surface area contributed by atoms with E-state index in [1.54, 1.807) is 10.7 Å². The van der Waals surface area contributed by atoms with E-state index in [4.69, 9.17) is 5.73 Å². The molecule has 5 nitrogen and oxygen atoms in total. The lowest BCUT2D eigenvalue weighted by molar-refractivity contribution is 0.100. The Labute approximate surface area is 109 Å². The van der Waals surface area contributed by atoms with E-state index in [-0.39, 0.29) is 0 Å². The van der Waals surface area contributed by atoms with Crippen LogP contribution < -0.4 is 5.73 Å². The molecule has 0 aliphatic carbocycles. The van der Waals surface area contributed by atoms with Crippen LogP contribution in [-0.4, -0.2) is 20.5 Å². The van der Waals surface area contributed by atoms with Gasteiger partial charge in [0.15, 0.2) is 5.65 Å². The predicted octanol–water partition coefficient (Wildman–Crippen LogP) is 1.80. The Morgan fingerprint density at radius 3 is 2.89 bits per heavy atom. The highest BCUT2D eigenvalue weighted by Gasteiger charge is 2.13. The number of aryl methyl sites for hydroxylation is 1. The molecule has 3 rings (SSSR count). The second-order valence-corrected chi connectivity index (χ2v) is 4.36. The summed E-state index contributed by atoms with van der Waals surface area (Å²) in [7, 11) is 0. The van der Waals surface area contributed by atoms with Gasteiger partial charge in [-0.1, -0.05) is 23.8 Å². The lowest BCUT2D eigenvalue weighted by Gasteiger charge is -2.05. The first-order valence-corrected chi connectivity index (χ1v) is 5.86. The van der Waals surface area contributed by atoms with E-state index < -0.39 is 5.91 Å². The lowest BCUT2D eigenvalue weighted by atomic mass is 10.1. The maximum atomic E-state index is 11.3. The number of nitrogens with two attached hydrogens (primary N) is 1. The molecular weight excluding hydrogens is 240 g/mol. The number of hydrogen-bond acceptors (Lipinski definition) is 3. The van der Waals surface area contributed by atoms with Crippen LogP contribution in [0.1, 0.15) is 15.9 Å². The SMILES string of the molecule is Cc1cccc(-c2ccnc3c(C(N)=O)cnn23)c1. The summed E-state index contributed by atoms with van der Waals surface area (Å²) in [4.78, 5) is 15.5. The number of nitrogens with zero attached hydrogens (tertiary/aromatic N) is 3. The summed E-state index contributed by atoms with van der Waals surface area (Å²) < 4.78 is 1.63. The molecule has 2 aromatic heterocycles. The van der Waals surface area contributed by atoms with Crippen LogP contribution in [0.4, 0.5) is 0 Å². The Balaban J connectivity index is 2.28. The summed E-state index contributed by atoms with van der Waals surface area (Å²) in [5, 5.41) is 4.20. The Hall–Kier alpha value is -2.69. The van der Waals surface area contributed by atoms with Gasteiger partial charge in [0.2, 0.25) is 0 Å². The fourth-order valence-electron chi connectivity index (χ4n) is 2.09. The Bertz CT molecular complexity index is 776. The highest BCUT2D eigenvalue weighted by atomic mass is 16.1. The normalized spacial score (nSPS) is 10.8. The van der Waals surface area contributed by atoms with Crippen LogP contribution in [0.2, 0.25) is 0 Å². The first kappa shape index (κ1) is 11.4. The Morgan fingerprint density at radius 1 is 1.32 bits per heavy atom. The van der Waals surface area contributed by atoms with E-state index in [0.29, 0.717) is 11.2 Å². The molecule has 0 atom stereocenters. The largest absolute Gasteiger partial charge is 0.365 e. The molecule has 2 N–H and O–H groups in total. The third kappa shape index (κ3) is 1.85. The number of amides is 1. The molecule has 0 spiro atoms. The van der Waals surface area contributed by atoms with Crippen LogP contribution in [0.3, 0.4) is 0 Å². The van der Waals surface area contributed by atoms with Gasteiger partial charge in [-0.25, -0.2) is 9.50 Å². The summed E-state index contributed by atoms with van der Waals surface area (Å²) in [6.45, 7) is 2.03. The second-order valence-electron chi connectivity index (χ2n) is 4.36. The lowest BCUT2D eigenvalue weighted by Crippen LogP contribution is -2.11. The van der Waals surface area contributed by atoms with Gasteiger partial charge in [0.05, 0.1) is 11.9 Å². The Kier molecular flexibility index (Phi) is 2.52.